The quantitative estimate of drug-likeness (QED) is 0.335. The first-order valence-electron chi connectivity index (χ1n) is 7.86. The zero-order valence-corrected chi connectivity index (χ0v) is 13.8. The Bertz CT molecular complexity index is 424. The van der Waals surface area contributed by atoms with Crippen LogP contribution in [0.5, 0.6) is 0 Å². The van der Waals surface area contributed by atoms with Crippen molar-refractivity contribution in [3.8, 4) is 0 Å². The summed E-state index contributed by atoms with van der Waals surface area (Å²) >= 11 is 0.717. The largest absolute Gasteiger partial charge is 0.464 e. The van der Waals surface area contributed by atoms with Crippen LogP contribution >= 0.6 is 12.0 Å². The van der Waals surface area contributed by atoms with Crippen LogP contribution in [0, 0.1) is 23.2 Å². The first kappa shape index (κ1) is 16.5. The molecular weight excluding hydrogens is 308 g/mol. The van der Waals surface area contributed by atoms with Crippen LogP contribution in [-0.2, 0) is 18.9 Å². The van der Waals surface area contributed by atoms with Crippen LogP contribution in [0.15, 0.2) is 0 Å². The predicted molar refractivity (Wildman–Crippen MR) is 79.4 cm³/mol. The lowest BCUT2D eigenvalue weighted by atomic mass is 9.49. The molecule has 4 fully saturated rings. The highest BCUT2D eigenvalue weighted by Gasteiger charge is 2.55. The van der Waals surface area contributed by atoms with Crippen LogP contribution < -0.4 is 0 Å². The topological polar surface area (TPSA) is 85.2 Å². The molecular formula is C15H24O6S. The Kier molecular flexibility index (Phi) is 4.46. The van der Waals surface area contributed by atoms with Gasteiger partial charge in [0.15, 0.2) is 0 Å². The molecule has 0 aliphatic heterocycles. The Balaban J connectivity index is 1.59. The molecule has 0 saturated heterocycles. The Labute approximate surface area is 134 Å². The van der Waals surface area contributed by atoms with Gasteiger partial charge in [0.2, 0.25) is 0 Å². The molecule has 0 heterocycles. The van der Waals surface area contributed by atoms with Crippen molar-refractivity contribution in [1.82, 2.24) is 0 Å². The highest BCUT2D eigenvalue weighted by atomic mass is 32.2. The van der Waals surface area contributed by atoms with E-state index < -0.39 is 4.75 Å². The maximum Gasteiger partial charge on any atom is 0.324 e. The fourth-order valence-corrected chi connectivity index (χ4v) is 5.20. The van der Waals surface area contributed by atoms with Gasteiger partial charge in [0.25, 0.3) is 0 Å². The molecule has 0 spiro atoms. The summed E-state index contributed by atoms with van der Waals surface area (Å²) < 4.78 is 8.98. The number of aliphatic hydroxyl groups is 1. The van der Waals surface area contributed by atoms with Crippen LogP contribution in [0.1, 0.15) is 46.0 Å². The molecule has 126 valence electrons. The molecule has 4 bridgehead atoms. The number of hydrogen-bond donors (Lipinski definition) is 2. The van der Waals surface area contributed by atoms with E-state index in [0.29, 0.717) is 24.4 Å². The second kappa shape index (κ2) is 5.94. The molecule has 0 amide bonds. The average molecular weight is 332 g/mol. The fourth-order valence-electron chi connectivity index (χ4n) is 4.87. The lowest BCUT2D eigenvalue weighted by Crippen LogP contribution is -2.55. The van der Waals surface area contributed by atoms with Crippen LogP contribution in [0.3, 0.4) is 0 Å². The van der Waals surface area contributed by atoms with Crippen molar-refractivity contribution in [2.75, 3.05) is 6.61 Å². The second-order valence-corrected chi connectivity index (χ2v) is 9.10. The van der Waals surface area contributed by atoms with Gasteiger partial charge in [-0.15, -0.1) is 4.33 Å². The molecule has 22 heavy (non-hydrogen) atoms. The Hall–Kier alpha value is -0.340. The van der Waals surface area contributed by atoms with Gasteiger partial charge in [-0.3, -0.25) is 4.79 Å². The summed E-state index contributed by atoms with van der Waals surface area (Å²) in [6.45, 7) is 3.72. The summed E-state index contributed by atoms with van der Waals surface area (Å²) in [6.07, 6.45) is 5.09. The molecule has 6 nitrogen and oxygen atoms in total. The molecule has 2 atom stereocenters. The maximum absolute atomic E-state index is 12.2. The Morgan fingerprint density at radius 1 is 1.27 bits per heavy atom. The van der Waals surface area contributed by atoms with Crippen molar-refractivity contribution in [2.45, 2.75) is 56.8 Å². The average Bonchev–Trinajstić information content (AvgIpc) is 2.47. The van der Waals surface area contributed by atoms with Crippen LogP contribution in [-0.4, -0.2) is 33.8 Å². The van der Waals surface area contributed by atoms with E-state index in [4.69, 9.17) is 9.99 Å². The molecule has 4 aliphatic carbocycles. The number of carbonyl (C=O) groups excluding carboxylic acids is 1. The van der Waals surface area contributed by atoms with Crippen molar-refractivity contribution in [2.24, 2.45) is 23.2 Å². The van der Waals surface area contributed by atoms with Gasteiger partial charge in [0.1, 0.15) is 4.75 Å². The third-order valence-corrected chi connectivity index (χ3v) is 6.34. The van der Waals surface area contributed by atoms with Crippen LogP contribution in [0.2, 0.25) is 0 Å². The van der Waals surface area contributed by atoms with Crippen molar-refractivity contribution in [1.29, 1.82) is 0 Å². The molecule has 4 aliphatic rings. The molecule has 2 unspecified atom stereocenters. The highest BCUT2D eigenvalue weighted by molar-refractivity contribution is 7.96. The minimum Gasteiger partial charge on any atom is -0.464 e. The lowest BCUT2D eigenvalue weighted by Gasteiger charge is -2.58. The zero-order chi connectivity index (χ0) is 16.0. The summed E-state index contributed by atoms with van der Waals surface area (Å²) in [5.41, 5.74) is 0.0421. The predicted octanol–water partition coefficient (Wildman–Crippen LogP) is 2.56. The van der Waals surface area contributed by atoms with Gasteiger partial charge in [-0.1, -0.05) is 5.04 Å². The maximum atomic E-state index is 12.2. The van der Waals surface area contributed by atoms with Crippen molar-refractivity contribution in [3.63, 3.8) is 0 Å². The normalized spacial score (nSPS) is 40.0. The number of ether oxygens (including phenoxy) is 1. The van der Waals surface area contributed by atoms with Gasteiger partial charge >= 0.3 is 5.97 Å². The third kappa shape index (κ3) is 3.01. The van der Waals surface area contributed by atoms with Gasteiger partial charge in [0, 0.05) is 5.41 Å². The van der Waals surface area contributed by atoms with E-state index in [2.05, 4.69) is 9.37 Å². The van der Waals surface area contributed by atoms with E-state index in [0.717, 1.165) is 44.1 Å². The van der Waals surface area contributed by atoms with E-state index in [1.54, 1.807) is 13.8 Å². The van der Waals surface area contributed by atoms with Gasteiger partial charge in [-0.2, -0.15) is 0 Å². The van der Waals surface area contributed by atoms with E-state index in [-0.39, 0.29) is 17.5 Å². The standard InChI is InChI=1S/C15H24O6S/c1-14(2,22-21-20-18)13(17)19-8-15-5-9-3-10(6-15)12(16)11(4-9)7-15/h9-12,16,18H,3-8H2,1-2H3. The molecule has 0 radical (unpaired) electrons. The van der Waals surface area contributed by atoms with Gasteiger partial charge in [-0.05, 0) is 63.7 Å². The molecule has 4 saturated carbocycles. The number of esters is 1. The van der Waals surface area contributed by atoms with Crippen molar-refractivity contribution >= 4 is 18.0 Å². The van der Waals surface area contributed by atoms with Crippen molar-refractivity contribution < 1.29 is 29.3 Å². The summed E-state index contributed by atoms with van der Waals surface area (Å²) in [4.78, 5) is 12.2. The van der Waals surface area contributed by atoms with Crippen molar-refractivity contribution in [3.05, 3.63) is 0 Å². The monoisotopic (exact) mass is 332 g/mol. The summed E-state index contributed by atoms with van der Waals surface area (Å²) in [7, 11) is 0. The minimum atomic E-state index is -0.954. The molecule has 0 aromatic heterocycles. The fraction of sp³-hybridized carbons (Fsp3) is 0.933. The molecule has 7 heteroatoms. The summed E-state index contributed by atoms with van der Waals surface area (Å²) in [5, 5.41) is 22.0. The number of aliphatic hydroxyl groups excluding tert-OH is 1. The van der Waals surface area contributed by atoms with Crippen LogP contribution in [0.25, 0.3) is 0 Å². The third-order valence-electron chi connectivity index (χ3n) is 5.62. The first-order chi connectivity index (χ1) is 10.4. The van der Waals surface area contributed by atoms with E-state index in [1.807, 2.05) is 0 Å². The van der Waals surface area contributed by atoms with E-state index >= 15 is 0 Å². The van der Waals surface area contributed by atoms with Gasteiger partial charge < -0.3 is 9.84 Å². The van der Waals surface area contributed by atoms with Gasteiger partial charge in [-0.25, -0.2) is 5.26 Å². The Morgan fingerprint density at radius 2 is 1.91 bits per heavy atom. The van der Waals surface area contributed by atoms with E-state index in [9.17, 15) is 9.90 Å². The minimum absolute atomic E-state index is 0.0421. The number of hydrogen-bond acceptors (Lipinski definition) is 7. The molecule has 0 aromatic carbocycles. The summed E-state index contributed by atoms with van der Waals surface area (Å²) in [6, 6.07) is 0. The molecule has 0 aromatic rings. The zero-order valence-electron chi connectivity index (χ0n) is 13.0. The summed E-state index contributed by atoms with van der Waals surface area (Å²) in [5.74, 6) is 1.04. The number of rotatable bonds is 6. The Morgan fingerprint density at radius 3 is 2.50 bits per heavy atom. The lowest BCUT2D eigenvalue weighted by molar-refractivity contribution is -0.432. The van der Waals surface area contributed by atoms with Gasteiger partial charge in [0.05, 0.1) is 24.8 Å². The molecule has 4 rings (SSSR count). The second-order valence-electron chi connectivity index (χ2n) is 7.77. The van der Waals surface area contributed by atoms with E-state index in [1.165, 1.54) is 0 Å². The highest BCUT2D eigenvalue weighted by Crippen LogP contribution is 2.60. The smallest absolute Gasteiger partial charge is 0.324 e. The SMILES string of the molecule is CC(C)(SOOO)C(=O)OCC12CC3CC(C1)C(O)C(C3)C2. The molecule has 2 N–H and O–H groups in total. The first-order valence-corrected chi connectivity index (χ1v) is 8.61. The van der Waals surface area contributed by atoms with Crippen LogP contribution in [0.4, 0.5) is 0 Å². The number of carbonyl (C=O) groups is 1.